The Morgan fingerprint density at radius 1 is 1.37 bits per heavy atom. The zero-order valence-electron chi connectivity index (χ0n) is 11.8. The smallest absolute Gasteiger partial charge is 0.0951 e. The van der Waals surface area contributed by atoms with Gasteiger partial charge in [-0.15, -0.1) is 0 Å². The number of aromatic nitrogens is 2. The lowest BCUT2D eigenvalue weighted by molar-refractivity contribution is 0.103. The molecule has 0 spiro atoms. The molecule has 2 fully saturated rings. The maximum absolute atomic E-state index is 9.76. The van der Waals surface area contributed by atoms with Crippen molar-refractivity contribution in [2.75, 3.05) is 6.61 Å². The highest BCUT2D eigenvalue weighted by Gasteiger charge is 2.33. The highest BCUT2D eigenvalue weighted by molar-refractivity contribution is 5.05. The number of aliphatic hydroxyl groups excluding tert-OH is 1. The first kappa shape index (κ1) is 13.1. The Labute approximate surface area is 115 Å². The summed E-state index contributed by atoms with van der Waals surface area (Å²) in [6.45, 7) is 3.38. The van der Waals surface area contributed by atoms with E-state index in [0.29, 0.717) is 6.04 Å². The third-order valence-corrected chi connectivity index (χ3v) is 4.87. The van der Waals surface area contributed by atoms with Crippen LogP contribution in [0.15, 0.2) is 12.5 Å². The molecule has 1 aromatic heterocycles. The van der Waals surface area contributed by atoms with Crippen molar-refractivity contribution < 1.29 is 5.11 Å². The van der Waals surface area contributed by atoms with Gasteiger partial charge in [0.1, 0.15) is 0 Å². The van der Waals surface area contributed by atoms with Crippen molar-refractivity contribution >= 4 is 0 Å². The van der Waals surface area contributed by atoms with Crippen LogP contribution in [0.5, 0.6) is 0 Å². The standard InChI is InChI=1S/C15H25N3O/c1-12-4-6-15(10-19,7-5-12)17-9-14-8-16-11-18(14)13-2-3-13/h8,11-13,17,19H,2-7,9-10H2,1H3. The first-order valence-corrected chi connectivity index (χ1v) is 7.59. The summed E-state index contributed by atoms with van der Waals surface area (Å²) >= 11 is 0. The summed E-state index contributed by atoms with van der Waals surface area (Å²) < 4.78 is 2.30. The summed E-state index contributed by atoms with van der Waals surface area (Å²) in [6, 6.07) is 0.677. The van der Waals surface area contributed by atoms with Gasteiger partial charge in [-0.05, 0) is 44.4 Å². The van der Waals surface area contributed by atoms with Crippen LogP contribution in [-0.4, -0.2) is 26.8 Å². The van der Waals surface area contributed by atoms with Crippen molar-refractivity contribution in [2.45, 2.75) is 63.6 Å². The van der Waals surface area contributed by atoms with Gasteiger partial charge in [0.05, 0.1) is 18.6 Å². The fourth-order valence-electron chi connectivity index (χ4n) is 3.13. The van der Waals surface area contributed by atoms with Crippen LogP contribution in [0.25, 0.3) is 0 Å². The van der Waals surface area contributed by atoms with Crippen LogP contribution < -0.4 is 5.32 Å². The third-order valence-electron chi connectivity index (χ3n) is 4.87. The SMILES string of the molecule is CC1CCC(CO)(NCc2cncn2C2CC2)CC1. The van der Waals surface area contributed by atoms with Crippen molar-refractivity contribution in [3.8, 4) is 0 Å². The van der Waals surface area contributed by atoms with Crippen LogP contribution in [0, 0.1) is 5.92 Å². The lowest BCUT2D eigenvalue weighted by Crippen LogP contribution is -2.50. The molecule has 2 aliphatic rings. The van der Waals surface area contributed by atoms with E-state index in [1.165, 1.54) is 31.4 Å². The molecule has 0 aromatic carbocycles. The van der Waals surface area contributed by atoms with Gasteiger partial charge < -0.3 is 15.0 Å². The molecule has 0 saturated heterocycles. The maximum atomic E-state index is 9.76. The van der Waals surface area contributed by atoms with Crippen LogP contribution >= 0.6 is 0 Å². The summed E-state index contributed by atoms with van der Waals surface area (Å²) in [5.74, 6) is 0.804. The second-order valence-electron chi connectivity index (χ2n) is 6.50. The molecule has 0 unspecified atom stereocenters. The number of aliphatic hydroxyl groups is 1. The molecule has 2 N–H and O–H groups in total. The zero-order valence-corrected chi connectivity index (χ0v) is 11.8. The fraction of sp³-hybridized carbons (Fsp3) is 0.800. The summed E-state index contributed by atoms with van der Waals surface area (Å²) in [5, 5.41) is 13.4. The quantitative estimate of drug-likeness (QED) is 0.856. The van der Waals surface area contributed by atoms with Gasteiger partial charge in [-0.2, -0.15) is 0 Å². The molecule has 0 radical (unpaired) electrons. The van der Waals surface area contributed by atoms with Gasteiger partial charge >= 0.3 is 0 Å². The minimum absolute atomic E-state index is 0.0643. The fourth-order valence-corrected chi connectivity index (χ4v) is 3.13. The first-order valence-electron chi connectivity index (χ1n) is 7.59. The Bertz CT molecular complexity index is 417. The number of imidazole rings is 1. The summed E-state index contributed by atoms with van der Waals surface area (Å²) in [6.07, 6.45) is 11.1. The molecule has 3 rings (SSSR count). The maximum Gasteiger partial charge on any atom is 0.0951 e. The first-order chi connectivity index (χ1) is 9.22. The second kappa shape index (κ2) is 5.25. The van der Waals surface area contributed by atoms with Crippen LogP contribution in [-0.2, 0) is 6.54 Å². The summed E-state index contributed by atoms with van der Waals surface area (Å²) in [4.78, 5) is 4.27. The van der Waals surface area contributed by atoms with E-state index in [9.17, 15) is 5.11 Å². The molecule has 4 nitrogen and oxygen atoms in total. The number of hydrogen-bond donors (Lipinski definition) is 2. The van der Waals surface area contributed by atoms with Gasteiger partial charge in [0.25, 0.3) is 0 Å². The van der Waals surface area contributed by atoms with E-state index in [0.717, 1.165) is 25.3 Å². The van der Waals surface area contributed by atoms with Crippen LogP contribution in [0.1, 0.15) is 57.2 Å². The molecule has 1 heterocycles. The van der Waals surface area contributed by atoms with Crippen LogP contribution in [0.2, 0.25) is 0 Å². The predicted molar refractivity (Wildman–Crippen MR) is 74.8 cm³/mol. The van der Waals surface area contributed by atoms with E-state index >= 15 is 0 Å². The van der Waals surface area contributed by atoms with Gasteiger partial charge in [0, 0.05) is 24.3 Å². The van der Waals surface area contributed by atoms with E-state index in [1.54, 1.807) is 0 Å². The average molecular weight is 263 g/mol. The van der Waals surface area contributed by atoms with Crippen LogP contribution in [0.4, 0.5) is 0 Å². The van der Waals surface area contributed by atoms with Gasteiger partial charge in [-0.25, -0.2) is 4.98 Å². The Hall–Kier alpha value is -0.870. The van der Waals surface area contributed by atoms with Gasteiger partial charge in [-0.3, -0.25) is 0 Å². The second-order valence-corrected chi connectivity index (χ2v) is 6.50. The minimum atomic E-state index is -0.0643. The van der Waals surface area contributed by atoms with Gasteiger partial charge in [0.2, 0.25) is 0 Å². The molecule has 0 amide bonds. The molecule has 1 aromatic rings. The monoisotopic (exact) mass is 263 g/mol. The average Bonchev–Trinajstić information content (AvgIpc) is 3.18. The normalized spacial score (nSPS) is 31.6. The van der Waals surface area contributed by atoms with Crippen molar-refractivity contribution in [3.05, 3.63) is 18.2 Å². The van der Waals surface area contributed by atoms with Crippen molar-refractivity contribution in [1.29, 1.82) is 0 Å². The number of nitrogens with zero attached hydrogens (tertiary/aromatic N) is 2. The molecule has 2 aliphatic carbocycles. The molecule has 0 bridgehead atoms. The molecule has 4 heteroatoms. The van der Waals surface area contributed by atoms with E-state index < -0.39 is 0 Å². The summed E-state index contributed by atoms with van der Waals surface area (Å²) in [7, 11) is 0. The number of hydrogen-bond acceptors (Lipinski definition) is 3. The molecule has 2 saturated carbocycles. The lowest BCUT2D eigenvalue weighted by Gasteiger charge is -2.39. The Morgan fingerprint density at radius 2 is 2.11 bits per heavy atom. The number of rotatable bonds is 5. The Kier molecular flexibility index (Phi) is 3.63. The molecule has 0 atom stereocenters. The lowest BCUT2D eigenvalue weighted by atomic mass is 9.77. The molecule has 19 heavy (non-hydrogen) atoms. The van der Waals surface area contributed by atoms with Crippen molar-refractivity contribution in [3.63, 3.8) is 0 Å². The minimum Gasteiger partial charge on any atom is -0.394 e. The molecular formula is C15H25N3O. The van der Waals surface area contributed by atoms with E-state index in [4.69, 9.17) is 0 Å². The van der Waals surface area contributed by atoms with E-state index in [2.05, 4.69) is 21.8 Å². The van der Waals surface area contributed by atoms with E-state index in [1.807, 2.05) is 12.5 Å². The largest absolute Gasteiger partial charge is 0.394 e. The van der Waals surface area contributed by atoms with Crippen molar-refractivity contribution in [2.24, 2.45) is 5.92 Å². The molecule has 0 aliphatic heterocycles. The van der Waals surface area contributed by atoms with Gasteiger partial charge in [0.15, 0.2) is 0 Å². The van der Waals surface area contributed by atoms with Crippen LogP contribution in [0.3, 0.4) is 0 Å². The molecular weight excluding hydrogens is 238 g/mol. The third kappa shape index (κ3) is 2.84. The summed E-state index contributed by atoms with van der Waals surface area (Å²) in [5.41, 5.74) is 1.19. The van der Waals surface area contributed by atoms with E-state index in [-0.39, 0.29) is 12.1 Å². The highest BCUT2D eigenvalue weighted by atomic mass is 16.3. The van der Waals surface area contributed by atoms with Crippen molar-refractivity contribution in [1.82, 2.24) is 14.9 Å². The Balaban J connectivity index is 1.62. The number of nitrogens with one attached hydrogen (secondary N) is 1. The Morgan fingerprint density at radius 3 is 2.74 bits per heavy atom. The molecule has 106 valence electrons. The topological polar surface area (TPSA) is 50.1 Å². The highest BCUT2D eigenvalue weighted by Crippen LogP contribution is 2.36. The zero-order chi connectivity index (χ0) is 13.3. The predicted octanol–water partition coefficient (Wildman–Crippen LogP) is 2.25. The van der Waals surface area contributed by atoms with Gasteiger partial charge in [-0.1, -0.05) is 6.92 Å².